The predicted molar refractivity (Wildman–Crippen MR) is 152 cm³/mol. The summed E-state index contributed by atoms with van der Waals surface area (Å²) in [4.78, 5) is 4.77. The van der Waals surface area contributed by atoms with Crippen LogP contribution in [0.5, 0.6) is 11.6 Å². The molecule has 1 saturated heterocycles. The zero-order valence-corrected chi connectivity index (χ0v) is 24.7. The molecule has 0 radical (unpaired) electrons. The molecule has 1 aliphatic heterocycles. The normalized spacial score (nSPS) is 17.5. The molecule has 2 atom stereocenters. The van der Waals surface area contributed by atoms with Gasteiger partial charge in [-0.1, -0.05) is 26.8 Å². The lowest BCUT2D eigenvalue weighted by molar-refractivity contribution is -0.0365. The second-order valence-electron chi connectivity index (χ2n) is 11.6. The van der Waals surface area contributed by atoms with Crippen molar-refractivity contribution in [3.05, 3.63) is 36.4 Å². The monoisotopic (exact) mass is 541 g/mol. The minimum atomic E-state index is -2.01. The van der Waals surface area contributed by atoms with Gasteiger partial charge in [-0.05, 0) is 75.0 Å². The van der Waals surface area contributed by atoms with Gasteiger partial charge in [0.1, 0.15) is 18.1 Å². The number of benzene rings is 1. The van der Waals surface area contributed by atoms with Crippen LogP contribution < -0.4 is 9.16 Å². The summed E-state index contributed by atoms with van der Waals surface area (Å²) in [5, 5.41) is 15.5. The average Bonchev–Trinajstić information content (AvgIpc) is 3.25. The molecule has 1 unspecified atom stereocenters. The second-order valence-corrected chi connectivity index (χ2v) is 16.3. The van der Waals surface area contributed by atoms with E-state index in [1.54, 1.807) is 6.92 Å². The first kappa shape index (κ1) is 28.5. The lowest BCUT2D eigenvalue weighted by atomic mass is 10.1. The minimum Gasteiger partial charge on any atom is -0.543 e. The Morgan fingerprint density at radius 1 is 1.13 bits per heavy atom. The van der Waals surface area contributed by atoms with Gasteiger partial charge >= 0.3 is 0 Å². The van der Waals surface area contributed by atoms with Gasteiger partial charge in [0.2, 0.25) is 14.2 Å². The third kappa shape index (κ3) is 6.94. The maximum absolute atomic E-state index is 9.35. The third-order valence-corrected chi connectivity index (χ3v) is 11.8. The molecule has 1 aliphatic rings. The lowest BCUT2D eigenvalue weighted by Gasteiger charge is -2.36. The summed E-state index contributed by atoms with van der Waals surface area (Å²) < 4.78 is 26.1. The fourth-order valence-corrected chi connectivity index (χ4v) is 5.17. The zero-order valence-electron chi connectivity index (χ0n) is 23.7. The molecule has 3 aromatic rings. The zero-order chi connectivity index (χ0) is 27.3. The van der Waals surface area contributed by atoms with Gasteiger partial charge in [0.25, 0.3) is 0 Å². The highest BCUT2D eigenvalue weighted by atomic mass is 28.4. The van der Waals surface area contributed by atoms with Crippen molar-refractivity contribution in [1.82, 2.24) is 14.8 Å². The molecular weight excluding hydrogens is 498 g/mol. The van der Waals surface area contributed by atoms with Crippen LogP contribution in [0.4, 0.5) is 0 Å². The Bertz CT molecular complexity index is 1200. The maximum atomic E-state index is 9.35. The summed E-state index contributed by atoms with van der Waals surface area (Å²) in [5.74, 6) is 1.38. The van der Waals surface area contributed by atoms with Gasteiger partial charge in [0.15, 0.2) is 6.23 Å². The number of fused-ring (bicyclic) bond motifs is 1. The highest BCUT2D eigenvalue weighted by Gasteiger charge is 2.39. The van der Waals surface area contributed by atoms with Crippen LogP contribution in [0.1, 0.15) is 59.6 Å². The molecule has 1 N–H and O–H groups in total. The highest BCUT2D eigenvalue weighted by Crippen LogP contribution is 2.39. The van der Waals surface area contributed by atoms with E-state index in [9.17, 15) is 5.11 Å². The molecule has 0 aliphatic carbocycles. The van der Waals surface area contributed by atoms with Crippen molar-refractivity contribution < 1.29 is 23.7 Å². The van der Waals surface area contributed by atoms with Crippen LogP contribution in [0.25, 0.3) is 22.3 Å². The molecule has 0 amide bonds. The first-order chi connectivity index (χ1) is 18.0. The smallest absolute Gasteiger partial charge is 0.250 e. The van der Waals surface area contributed by atoms with Crippen LogP contribution in [-0.4, -0.2) is 60.7 Å². The lowest BCUT2D eigenvalue weighted by Crippen LogP contribution is -2.43. The number of ether oxygens (including phenoxy) is 3. The summed E-state index contributed by atoms with van der Waals surface area (Å²) in [6.07, 6.45) is 3.28. The Labute approximate surface area is 227 Å². The highest BCUT2D eigenvalue weighted by molar-refractivity contribution is 6.74. The Morgan fingerprint density at radius 2 is 1.95 bits per heavy atom. The van der Waals surface area contributed by atoms with Crippen LogP contribution in [0.2, 0.25) is 18.1 Å². The Morgan fingerprint density at radius 3 is 2.66 bits per heavy atom. The van der Waals surface area contributed by atoms with Gasteiger partial charge in [0.05, 0.1) is 23.9 Å². The number of rotatable bonds is 11. The van der Waals surface area contributed by atoms with Gasteiger partial charge < -0.3 is 23.7 Å². The van der Waals surface area contributed by atoms with E-state index in [1.165, 1.54) is 0 Å². The van der Waals surface area contributed by atoms with Crippen molar-refractivity contribution in [2.45, 2.75) is 83.8 Å². The van der Waals surface area contributed by atoms with E-state index in [2.05, 4.69) is 52.1 Å². The average molecular weight is 542 g/mol. The van der Waals surface area contributed by atoms with E-state index in [-0.39, 0.29) is 17.4 Å². The maximum Gasteiger partial charge on any atom is 0.250 e. The number of hydrogen-bond donors (Lipinski definition) is 1. The van der Waals surface area contributed by atoms with E-state index < -0.39 is 8.32 Å². The first-order valence-corrected chi connectivity index (χ1v) is 16.6. The van der Waals surface area contributed by atoms with E-state index in [4.69, 9.17) is 28.7 Å². The molecule has 1 aromatic carbocycles. The van der Waals surface area contributed by atoms with Gasteiger partial charge in [-0.2, -0.15) is 5.10 Å². The fourth-order valence-electron chi connectivity index (χ4n) is 4.14. The summed E-state index contributed by atoms with van der Waals surface area (Å²) >= 11 is 0. The second kappa shape index (κ2) is 12.2. The van der Waals surface area contributed by atoms with Crippen molar-refractivity contribution >= 4 is 19.2 Å². The number of nitrogens with zero attached hydrogens (tertiary/aromatic N) is 3. The number of aliphatic hydroxyl groups excluding tert-OH is 1. The largest absolute Gasteiger partial charge is 0.543 e. The Balaban J connectivity index is 1.62. The van der Waals surface area contributed by atoms with Crippen molar-refractivity contribution in [2.75, 3.05) is 26.4 Å². The van der Waals surface area contributed by atoms with Gasteiger partial charge in [-0.15, -0.1) is 0 Å². The van der Waals surface area contributed by atoms with Crippen molar-refractivity contribution in [3.63, 3.8) is 0 Å². The summed E-state index contributed by atoms with van der Waals surface area (Å²) in [5.41, 5.74) is 2.53. The Hall–Kier alpha value is -2.46. The topological polar surface area (TPSA) is 87.9 Å². The molecule has 2 aromatic heterocycles. The van der Waals surface area contributed by atoms with E-state index in [0.29, 0.717) is 32.1 Å². The molecule has 0 saturated carbocycles. The SMILES string of the molecule is C[C@@H](O)CCOCCOc1cccc(-c2nn(C3CCCCO3)c3ccc(O[Si](C)(C)C(C)(C)C)cc23)n1. The van der Waals surface area contributed by atoms with Crippen molar-refractivity contribution in [1.29, 1.82) is 0 Å². The van der Waals surface area contributed by atoms with E-state index >= 15 is 0 Å². The van der Waals surface area contributed by atoms with Crippen LogP contribution >= 0.6 is 0 Å². The van der Waals surface area contributed by atoms with Crippen LogP contribution in [0, 0.1) is 0 Å². The molecule has 0 bridgehead atoms. The standard InChI is InChI=1S/C29H43N3O5Si/c1-21(33)15-17-34-18-19-35-26-11-9-10-24(30-26)28-23-20-22(37-38(5,6)29(2,3)4)13-14-25(23)32(31-28)27-12-7-8-16-36-27/h9-11,13-14,20-21,27,33H,7-8,12,15-19H2,1-6H3/t21-,27?/m1/s1. The molecular formula is C29H43N3O5Si. The Kier molecular flexibility index (Phi) is 9.13. The summed E-state index contributed by atoms with van der Waals surface area (Å²) in [6, 6.07) is 12.0. The van der Waals surface area contributed by atoms with Gasteiger partial charge in [0, 0.05) is 24.7 Å². The fraction of sp³-hybridized carbons (Fsp3) is 0.586. The first-order valence-electron chi connectivity index (χ1n) is 13.7. The molecule has 9 heteroatoms. The summed E-state index contributed by atoms with van der Waals surface area (Å²) in [7, 11) is -2.01. The number of hydrogen-bond acceptors (Lipinski definition) is 7. The molecule has 0 spiro atoms. The van der Waals surface area contributed by atoms with Crippen LogP contribution in [-0.2, 0) is 9.47 Å². The number of aromatic nitrogens is 3. The number of pyridine rings is 1. The molecule has 3 heterocycles. The minimum absolute atomic E-state index is 0.0922. The van der Waals surface area contributed by atoms with Crippen molar-refractivity contribution in [3.8, 4) is 23.0 Å². The summed E-state index contributed by atoms with van der Waals surface area (Å²) in [6.45, 7) is 15.1. The predicted octanol–water partition coefficient (Wildman–Crippen LogP) is 6.35. The molecule has 4 rings (SSSR count). The van der Waals surface area contributed by atoms with Crippen LogP contribution in [0.3, 0.4) is 0 Å². The van der Waals surface area contributed by atoms with E-state index in [0.717, 1.165) is 53.9 Å². The molecule has 1 fully saturated rings. The van der Waals surface area contributed by atoms with E-state index in [1.807, 2.05) is 22.9 Å². The molecule has 38 heavy (non-hydrogen) atoms. The van der Waals surface area contributed by atoms with Crippen LogP contribution in [0.15, 0.2) is 36.4 Å². The molecule has 8 nitrogen and oxygen atoms in total. The van der Waals surface area contributed by atoms with Crippen molar-refractivity contribution in [2.24, 2.45) is 0 Å². The third-order valence-electron chi connectivity index (χ3n) is 7.41. The van der Waals surface area contributed by atoms with Gasteiger partial charge in [-0.3, -0.25) is 0 Å². The number of aliphatic hydroxyl groups is 1. The van der Waals surface area contributed by atoms with Gasteiger partial charge in [-0.25, -0.2) is 9.67 Å². The quantitative estimate of drug-likeness (QED) is 0.224. The molecule has 208 valence electrons.